The molecule has 1 aromatic carbocycles. The molecule has 0 fully saturated rings. The summed E-state index contributed by atoms with van der Waals surface area (Å²) < 4.78 is 5.96. The molecular formula is C18H23NO2. The van der Waals surface area contributed by atoms with E-state index in [4.69, 9.17) is 4.74 Å². The van der Waals surface area contributed by atoms with E-state index >= 15 is 0 Å². The molecule has 0 saturated carbocycles. The highest BCUT2D eigenvalue weighted by Gasteiger charge is 2.28. The second kappa shape index (κ2) is 6.32. The Morgan fingerprint density at radius 3 is 2.86 bits per heavy atom. The van der Waals surface area contributed by atoms with E-state index in [1.165, 1.54) is 11.1 Å². The van der Waals surface area contributed by atoms with Crippen LogP contribution in [-0.2, 0) is 16.0 Å². The quantitative estimate of drug-likeness (QED) is 0.864. The van der Waals surface area contributed by atoms with Gasteiger partial charge in [-0.2, -0.15) is 0 Å². The molecule has 0 aromatic heterocycles. The van der Waals surface area contributed by atoms with Gasteiger partial charge in [0.25, 0.3) is 0 Å². The fourth-order valence-corrected chi connectivity index (χ4v) is 2.72. The zero-order chi connectivity index (χ0) is 15.5. The van der Waals surface area contributed by atoms with E-state index in [1.807, 2.05) is 26.0 Å². The molecule has 21 heavy (non-hydrogen) atoms. The van der Waals surface area contributed by atoms with Gasteiger partial charge in [-0.15, -0.1) is 5.92 Å². The highest BCUT2D eigenvalue weighted by atomic mass is 16.5. The predicted molar refractivity (Wildman–Crippen MR) is 83.7 cm³/mol. The Labute approximate surface area is 127 Å². The zero-order valence-electron chi connectivity index (χ0n) is 13.2. The predicted octanol–water partition coefficient (Wildman–Crippen LogP) is 3.00. The summed E-state index contributed by atoms with van der Waals surface area (Å²) in [7, 11) is 0. The molecule has 2 rings (SSSR count). The third-order valence-corrected chi connectivity index (χ3v) is 3.69. The van der Waals surface area contributed by atoms with Gasteiger partial charge >= 0.3 is 0 Å². The summed E-state index contributed by atoms with van der Waals surface area (Å²) in [6.45, 7) is 7.34. The highest BCUT2D eigenvalue weighted by molar-refractivity contribution is 5.81. The minimum absolute atomic E-state index is 0.0160. The van der Waals surface area contributed by atoms with Crippen LogP contribution >= 0.6 is 0 Å². The smallest absolute Gasteiger partial charge is 0.250 e. The van der Waals surface area contributed by atoms with Gasteiger partial charge in [-0.25, -0.2) is 0 Å². The Kier molecular flexibility index (Phi) is 4.69. The van der Waals surface area contributed by atoms with E-state index in [0.717, 1.165) is 12.8 Å². The number of carbonyl (C=O) groups excluding carboxylic acids is 1. The Hall–Kier alpha value is -1.79. The van der Waals surface area contributed by atoms with Crippen molar-refractivity contribution in [1.82, 2.24) is 5.32 Å². The van der Waals surface area contributed by atoms with E-state index in [1.54, 1.807) is 13.8 Å². The van der Waals surface area contributed by atoms with Gasteiger partial charge in [0.1, 0.15) is 6.10 Å². The standard InChI is InChI=1S/C18H23NO2/c1-5-12-18(3,4)19-17(20)13(2)21-16-11-10-14-8-6-7-9-15(14)16/h6-9,13,16H,10-11H2,1-4H3,(H,19,20). The molecule has 0 bridgehead atoms. The number of ether oxygens (including phenoxy) is 1. The van der Waals surface area contributed by atoms with Crippen molar-refractivity contribution in [2.75, 3.05) is 0 Å². The van der Waals surface area contributed by atoms with Crippen molar-refractivity contribution in [2.45, 2.75) is 58.3 Å². The van der Waals surface area contributed by atoms with Gasteiger partial charge in [-0.1, -0.05) is 30.2 Å². The van der Waals surface area contributed by atoms with E-state index in [2.05, 4.69) is 29.3 Å². The largest absolute Gasteiger partial charge is 0.361 e. The van der Waals surface area contributed by atoms with Gasteiger partial charge in [0.15, 0.2) is 0 Å². The molecule has 3 nitrogen and oxygen atoms in total. The van der Waals surface area contributed by atoms with Crippen molar-refractivity contribution < 1.29 is 9.53 Å². The molecule has 2 atom stereocenters. The van der Waals surface area contributed by atoms with E-state index < -0.39 is 11.6 Å². The number of hydrogen-bond donors (Lipinski definition) is 1. The molecule has 1 aliphatic rings. The fraction of sp³-hybridized carbons (Fsp3) is 0.500. The summed E-state index contributed by atoms with van der Waals surface area (Å²) >= 11 is 0. The van der Waals surface area contributed by atoms with E-state index in [9.17, 15) is 4.79 Å². The van der Waals surface area contributed by atoms with Crippen LogP contribution in [0.3, 0.4) is 0 Å². The molecule has 1 aromatic rings. The van der Waals surface area contributed by atoms with Crippen LogP contribution in [0.15, 0.2) is 24.3 Å². The minimum Gasteiger partial charge on any atom is -0.361 e. The number of nitrogens with one attached hydrogen (secondary N) is 1. The molecule has 0 spiro atoms. The lowest BCUT2D eigenvalue weighted by Gasteiger charge is -2.24. The van der Waals surface area contributed by atoms with Crippen molar-refractivity contribution in [3.05, 3.63) is 35.4 Å². The second-order valence-electron chi connectivity index (χ2n) is 5.99. The number of fused-ring (bicyclic) bond motifs is 1. The average Bonchev–Trinajstić information content (AvgIpc) is 2.81. The number of hydrogen-bond acceptors (Lipinski definition) is 2. The molecule has 1 amide bonds. The van der Waals surface area contributed by atoms with Crippen molar-refractivity contribution in [3.8, 4) is 11.8 Å². The van der Waals surface area contributed by atoms with Crippen molar-refractivity contribution in [2.24, 2.45) is 0 Å². The Morgan fingerprint density at radius 1 is 1.43 bits per heavy atom. The lowest BCUT2D eigenvalue weighted by molar-refractivity contribution is -0.136. The first-order chi connectivity index (χ1) is 9.93. The maximum absolute atomic E-state index is 12.2. The first kappa shape index (κ1) is 15.6. The lowest BCUT2D eigenvalue weighted by Crippen LogP contribution is -2.47. The summed E-state index contributed by atoms with van der Waals surface area (Å²) in [4.78, 5) is 12.2. The summed E-state index contributed by atoms with van der Waals surface area (Å²) in [6.07, 6.45) is 1.48. The Bertz CT molecular complexity index is 580. The van der Waals surface area contributed by atoms with Crippen molar-refractivity contribution in [1.29, 1.82) is 0 Å². The maximum Gasteiger partial charge on any atom is 0.250 e. The molecule has 0 aliphatic heterocycles. The number of carbonyl (C=O) groups is 1. The van der Waals surface area contributed by atoms with Crippen LogP contribution in [0.25, 0.3) is 0 Å². The normalized spacial score (nSPS) is 18.4. The van der Waals surface area contributed by atoms with Crippen LogP contribution in [0, 0.1) is 11.8 Å². The molecule has 2 unspecified atom stereocenters. The van der Waals surface area contributed by atoms with Gasteiger partial charge in [-0.3, -0.25) is 4.79 Å². The lowest BCUT2D eigenvalue weighted by atomic mass is 10.1. The average molecular weight is 285 g/mol. The van der Waals surface area contributed by atoms with Gasteiger partial charge in [0, 0.05) is 0 Å². The van der Waals surface area contributed by atoms with Gasteiger partial charge in [0.2, 0.25) is 5.91 Å². The molecule has 1 aliphatic carbocycles. The van der Waals surface area contributed by atoms with Gasteiger partial charge in [-0.05, 0) is 51.7 Å². The molecule has 1 N–H and O–H groups in total. The first-order valence-corrected chi connectivity index (χ1v) is 7.42. The van der Waals surface area contributed by atoms with Crippen LogP contribution < -0.4 is 5.32 Å². The van der Waals surface area contributed by atoms with Crippen LogP contribution in [-0.4, -0.2) is 17.6 Å². The van der Waals surface area contributed by atoms with Crippen LogP contribution in [0.5, 0.6) is 0 Å². The number of aryl methyl sites for hydroxylation is 1. The highest BCUT2D eigenvalue weighted by Crippen LogP contribution is 2.34. The first-order valence-electron chi connectivity index (χ1n) is 7.42. The summed E-state index contributed by atoms with van der Waals surface area (Å²) in [6, 6.07) is 8.28. The topological polar surface area (TPSA) is 38.3 Å². The van der Waals surface area contributed by atoms with Gasteiger partial charge in [0.05, 0.1) is 11.6 Å². The number of benzene rings is 1. The third kappa shape index (κ3) is 3.86. The minimum atomic E-state index is -0.531. The molecule has 3 heteroatoms. The van der Waals surface area contributed by atoms with E-state index in [-0.39, 0.29) is 12.0 Å². The third-order valence-electron chi connectivity index (χ3n) is 3.69. The van der Waals surface area contributed by atoms with Gasteiger partial charge < -0.3 is 10.1 Å². The van der Waals surface area contributed by atoms with Crippen LogP contribution in [0.1, 0.15) is 51.3 Å². The van der Waals surface area contributed by atoms with Crippen LogP contribution in [0.4, 0.5) is 0 Å². The SMILES string of the molecule is CC#CC(C)(C)NC(=O)C(C)OC1CCc2ccccc21. The molecule has 0 radical (unpaired) electrons. The molecular weight excluding hydrogens is 262 g/mol. The second-order valence-corrected chi connectivity index (χ2v) is 5.99. The van der Waals surface area contributed by atoms with Crippen LogP contribution in [0.2, 0.25) is 0 Å². The summed E-state index contributed by atoms with van der Waals surface area (Å²) in [5.74, 6) is 5.69. The Balaban J connectivity index is 1.97. The zero-order valence-corrected chi connectivity index (χ0v) is 13.2. The monoisotopic (exact) mass is 285 g/mol. The molecule has 0 saturated heterocycles. The van der Waals surface area contributed by atoms with E-state index in [0.29, 0.717) is 0 Å². The van der Waals surface area contributed by atoms with Crippen molar-refractivity contribution in [3.63, 3.8) is 0 Å². The Morgan fingerprint density at radius 2 is 2.14 bits per heavy atom. The molecule has 0 heterocycles. The number of amides is 1. The van der Waals surface area contributed by atoms with Crippen molar-refractivity contribution >= 4 is 5.91 Å². The maximum atomic E-state index is 12.2. The number of rotatable bonds is 4. The molecule has 112 valence electrons. The summed E-state index contributed by atoms with van der Waals surface area (Å²) in [5, 5.41) is 2.92. The summed E-state index contributed by atoms with van der Waals surface area (Å²) in [5.41, 5.74) is 2.01. The fourth-order valence-electron chi connectivity index (χ4n) is 2.72.